The van der Waals surface area contributed by atoms with E-state index in [1.165, 1.54) is 57.9 Å². The zero-order valence-electron chi connectivity index (χ0n) is 16.7. The van der Waals surface area contributed by atoms with E-state index in [2.05, 4.69) is 44.0 Å². The van der Waals surface area contributed by atoms with Crippen LogP contribution in [-0.2, 0) is 0 Å². The van der Waals surface area contributed by atoms with Gasteiger partial charge in [0.2, 0.25) is 0 Å². The number of hydrogen-bond acceptors (Lipinski definition) is 1. The van der Waals surface area contributed by atoms with Gasteiger partial charge in [-0.1, -0.05) is 0 Å². The molecule has 1 N–H and O–H groups in total. The van der Waals surface area contributed by atoms with Crippen LogP contribution in [0.15, 0.2) is 9.67 Å². The van der Waals surface area contributed by atoms with Gasteiger partial charge in [-0.3, -0.25) is 0 Å². The van der Waals surface area contributed by atoms with Gasteiger partial charge in [0.05, 0.1) is 0 Å². The summed E-state index contributed by atoms with van der Waals surface area (Å²) < 4.78 is 7.82. The molecule has 0 spiro atoms. The summed E-state index contributed by atoms with van der Waals surface area (Å²) >= 11 is -2.11. The summed E-state index contributed by atoms with van der Waals surface area (Å²) in [5.41, 5.74) is 1.82. The summed E-state index contributed by atoms with van der Waals surface area (Å²) in [5.74, 6) is 0.745. The first kappa shape index (κ1) is 21.5. The van der Waals surface area contributed by atoms with Crippen molar-refractivity contribution in [2.75, 3.05) is 6.54 Å². The fourth-order valence-electron chi connectivity index (χ4n) is 4.23. The van der Waals surface area contributed by atoms with E-state index in [4.69, 9.17) is 0 Å². The van der Waals surface area contributed by atoms with E-state index in [9.17, 15) is 0 Å². The topological polar surface area (TPSA) is 12.0 Å². The number of piperidine rings is 1. The number of nitrogens with one attached hydrogen (secondary N) is 1. The molecular weight excluding hydrogens is 385 g/mol. The van der Waals surface area contributed by atoms with Crippen molar-refractivity contribution in [2.45, 2.75) is 105 Å². The van der Waals surface area contributed by atoms with Crippen LogP contribution in [0, 0.1) is 5.92 Å². The molecule has 2 heteroatoms. The second-order valence-electron chi connectivity index (χ2n) is 8.17. The van der Waals surface area contributed by atoms with Crippen molar-refractivity contribution < 1.29 is 0 Å². The van der Waals surface area contributed by atoms with Crippen LogP contribution in [0.2, 0.25) is 13.3 Å². The fourth-order valence-corrected chi connectivity index (χ4v) is 19.8. The quantitative estimate of drug-likeness (QED) is 0.361. The van der Waals surface area contributed by atoms with E-state index in [0.29, 0.717) is 6.04 Å². The van der Waals surface area contributed by atoms with Gasteiger partial charge < -0.3 is 0 Å². The Balaban J connectivity index is 3.03. The molecule has 1 rings (SSSR count). The molecule has 0 aromatic heterocycles. The average Bonchev–Trinajstić information content (AvgIpc) is 2.56. The number of hydrogen-bond donors (Lipinski definition) is 1. The molecule has 0 radical (unpaired) electrons. The molecule has 1 aliphatic rings. The third-order valence-corrected chi connectivity index (χ3v) is 20.0. The average molecular weight is 428 g/mol. The van der Waals surface area contributed by atoms with E-state index >= 15 is 0 Å². The Labute approximate surface area is 151 Å². The number of unbranched alkanes of at least 4 members (excludes halogenated alkanes) is 3. The van der Waals surface area contributed by atoms with Crippen LogP contribution in [-0.4, -0.2) is 31.0 Å². The van der Waals surface area contributed by atoms with E-state index < -0.39 is 18.4 Å². The maximum atomic E-state index is 3.82. The monoisotopic (exact) mass is 429 g/mol. The molecular formula is C21H43NSn. The van der Waals surface area contributed by atoms with Gasteiger partial charge in [0.15, 0.2) is 0 Å². The SMILES string of the molecule is CCC[CH2][Sn](/[CH]=C1\CCCNC1C(C)C)([CH2]CCC)[CH2]CCC. The summed E-state index contributed by atoms with van der Waals surface area (Å²) in [6.45, 7) is 13.2. The second-order valence-corrected chi connectivity index (χ2v) is 21.1. The molecule has 0 amide bonds. The van der Waals surface area contributed by atoms with E-state index in [1.807, 2.05) is 5.57 Å². The van der Waals surface area contributed by atoms with Gasteiger partial charge in [-0.25, -0.2) is 0 Å². The van der Waals surface area contributed by atoms with Crippen LogP contribution >= 0.6 is 0 Å². The van der Waals surface area contributed by atoms with Crippen molar-refractivity contribution in [3.63, 3.8) is 0 Å². The minimum absolute atomic E-state index is 0.671. The Hall–Kier alpha value is 0.499. The van der Waals surface area contributed by atoms with Gasteiger partial charge in [0.25, 0.3) is 0 Å². The standard InChI is InChI=1S/C9H16N.3C4H9.Sn/c1-7(2)9-8(3)5-4-6-10-9;3*1-3-4-2;/h3,7,9-10H,4-6H2,1-2H3;3*1,3-4H2,2H3;. The molecule has 1 nitrogen and oxygen atoms in total. The minimum atomic E-state index is -2.11. The van der Waals surface area contributed by atoms with Crippen LogP contribution in [0.25, 0.3) is 0 Å². The second kappa shape index (κ2) is 12.0. The first-order valence-electron chi connectivity index (χ1n) is 10.5. The van der Waals surface area contributed by atoms with Crippen molar-refractivity contribution in [1.29, 1.82) is 0 Å². The molecule has 1 fully saturated rings. The van der Waals surface area contributed by atoms with Crippen molar-refractivity contribution in [3.8, 4) is 0 Å². The molecule has 1 aliphatic heterocycles. The molecule has 0 saturated carbocycles. The maximum absolute atomic E-state index is 3.82. The number of rotatable bonds is 11. The van der Waals surface area contributed by atoms with Crippen LogP contribution < -0.4 is 5.32 Å². The van der Waals surface area contributed by atoms with Crippen LogP contribution in [0.3, 0.4) is 0 Å². The van der Waals surface area contributed by atoms with Gasteiger partial charge >= 0.3 is 151 Å². The molecule has 1 saturated heterocycles. The molecule has 1 atom stereocenters. The Morgan fingerprint density at radius 1 is 1.00 bits per heavy atom. The first-order valence-corrected chi connectivity index (χ1v) is 18.2. The van der Waals surface area contributed by atoms with Gasteiger partial charge in [-0.2, -0.15) is 0 Å². The summed E-state index contributed by atoms with van der Waals surface area (Å²) in [5, 5.41) is 3.82. The van der Waals surface area contributed by atoms with E-state index in [1.54, 1.807) is 13.3 Å². The van der Waals surface area contributed by atoms with Crippen molar-refractivity contribution in [3.05, 3.63) is 9.67 Å². The predicted octanol–water partition coefficient (Wildman–Crippen LogP) is 6.71. The Morgan fingerprint density at radius 3 is 1.96 bits per heavy atom. The summed E-state index contributed by atoms with van der Waals surface area (Å²) in [6.07, 6.45) is 11.3. The van der Waals surface area contributed by atoms with Crippen molar-refractivity contribution in [1.82, 2.24) is 5.32 Å². The zero-order valence-corrected chi connectivity index (χ0v) is 19.6. The van der Waals surface area contributed by atoms with E-state index in [0.717, 1.165) is 5.92 Å². The Kier molecular flexibility index (Phi) is 11.2. The molecule has 0 aromatic carbocycles. The normalized spacial score (nSPS) is 21.3. The van der Waals surface area contributed by atoms with Gasteiger partial charge in [-0.05, 0) is 0 Å². The third kappa shape index (κ3) is 7.50. The Morgan fingerprint density at radius 2 is 1.52 bits per heavy atom. The molecule has 23 heavy (non-hydrogen) atoms. The third-order valence-electron chi connectivity index (χ3n) is 5.65. The van der Waals surface area contributed by atoms with E-state index in [-0.39, 0.29) is 0 Å². The molecule has 136 valence electrons. The van der Waals surface area contributed by atoms with Gasteiger partial charge in [0, 0.05) is 0 Å². The van der Waals surface area contributed by atoms with Crippen molar-refractivity contribution in [2.24, 2.45) is 5.92 Å². The molecule has 0 bridgehead atoms. The molecule has 0 aliphatic carbocycles. The van der Waals surface area contributed by atoms with Crippen LogP contribution in [0.4, 0.5) is 0 Å². The summed E-state index contributed by atoms with van der Waals surface area (Å²) in [7, 11) is 0. The molecule has 0 aromatic rings. The fraction of sp³-hybridized carbons (Fsp3) is 0.905. The van der Waals surface area contributed by atoms with Gasteiger partial charge in [0.1, 0.15) is 0 Å². The van der Waals surface area contributed by atoms with Crippen LogP contribution in [0.5, 0.6) is 0 Å². The molecule has 1 unspecified atom stereocenters. The van der Waals surface area contributed by atoms with Gasteiger partial charge in [-0.15, -0.1) is 0 Å². The van der Waals surface area contributed by atoms with Crippen LogP contribution in [0.1, 0.15) is 86.0 Å². The van der Waals surface area contributed by atoms with Crippen molar-refractivity contribution >= 4 is 18.4 Å². The Bertz CT molecular complexity index is 313. The first-order chi connectivity index (χ1) is 11.1. The zero-order chi connectivity index (χ0) is 17.1. The predicted molar refractivity (Wildman–Crippen MR) is 109 cm³/mol. The summed E-state index contributed by atoms with van der Waals surface area (Å²) in [4.78, 5) is 0. The molecule has 1 heterocycles. The summed E-state index contributed by atoms with van der Waals surface area (Å²) in [6, 6.07) is 0.671.